The number of hydrogen-bond donors (Lipinski definition) is 1. The van der Waals surface area contributed by atoms with Crippen LogP contribution in [0.2, 0.25) is 0 Å². The fraction of sp³-hybridized carbons (Fsp3) is 0.462. The zero-order valence-corrected chi connectivity index (χ0v) is 17.0. The molecule has 1 nitrogen and oxygen atoms in total. The van der Waals surface area contributed by atoms with Crippen molar-refractivity contribution in [3.8, 4) is 0 Å². The smallest absolute Gasteiger partial charge is 0.125 e. The van der Waals surface area contributed by atoms with E-state index in [1.54, 1.807) is 11.6 Å². The maximum Gasteiger partial charge on any atom is 0.125 e. The maximum atomic E-state index is 13.9. The predicted molar refractivity (Wildman–Crippen MR) is 117 cm³/mol. The highest BCUT2D eigenvalue weighted by atomic mass is 19.1. The van der Waals surface area contributed by atoms with Gasteiger partial charge in [-0.3, -0.25) is 0 Å². The third-order valence-electron chi connectivity index (χ3n) is 6.70. The quantitative estimate of drug-likeness (QED) is 0.467. The van der Waals surface area contributed by atoms with Gasteiger partial charge in [0, 0.05) is 5.69 Å². The highest BCUT2D eigenvalue weighted by Crippen LogP contribution is 2.56. The van der Waals surface area contributed by atoms with E-state index in [9.17, 15) is 4.39 Å². The van der Waals surface area contributed by atoms with Gasteiger partial charge in [-0.05, 0) is 67.4 Å². The van der Waals surface area contributed by atoms with Gasteiger partial charge in [0.2, 0.25) is 0 Å². The lowest BCUT2D eigenvalue weighted by Crippen LogP contribution is -2.40. The normalized spacial score (nSPS) is 23.9. The highest BCUT2D eigenvalue weighted by Gasteiger charge is 2.51. The van der Waals surface area contributed by atoms with Crippen LogP contribution in [0.1, 0.15) is 70.3 Å². The standard InChI is InChI=1S/C26H32FN/c1-2-3-4-6-13-21-18-22-14-10-17-26(22,25(21)20-11-7-5-8-12-20)28-24-16-9-15-23(27)19-24/h5,7-9,11-12,15-16,19,22,28H,2-4,6,10,13-14,17-18H2,1H3/t22-,26+/m1/s1. The van der Waals surface area contributed by atoms with Gasteiger partial charge in [-0.2, -0.15) is 0 Å². The summed E-state index contributed by atoms with van der Waals surface area (Å²) in [7, 11) is 0. The van der Waals surface area contributed by atoms with Crippen LogP contribution in [0.4, 0.5) is 10.1 Å². The number of benzene rings is 2. The molecule has 0 aliphatic heterocycles. The van der Waals surface area contributed by atoms with Crippen molar-refractivity contribution in [2.24, 2.45) is 5.92 Å². The van der Waals surface area contributed by atoms with E-state index in [2.05, 4.69) is 42.6 Å². The summed E-state index contributed by atoms with van der Waals surface area (Å²) in [4.78, 5) is 0. The van der Waals surface area contributed by atoms with Crippen LogP contribution in [0, 0.1) is 11.7 Å². The first-order chi connectivity index (χ1) is 13.7. The molecule has 2 aromatic rings. The second kappa shape index (κ2) is 8.51. The van der Waals surface area contributed by atoms with E-state index in [0.29, 0.717) is 5.92 Å². The molecule has 1 fully saturated rings. The molecule has 0 spiro atoms. The Morgan fingerprint density at radius 2 is 1.89 bits per heavy atom. The number of anilines is 1. The summed E-state index contributed by atoms with van der Waals surface area (Å²) < 4.78 is 13.9. The second-order valence-electron chi connectivity index (χ2n) is 8.56. The topological polar surface area (TPSA) is 12.0 Å². The minimum absolute atomic E-state index is 0.0464. The van der Waals surface area contributed by atoms with Crippen LogP contribution >= 0.6 is 0 Å². The van der Waals surface area contributed by atoms with Gasteiger partial charge in [-0.1, -0.05) is 74.6 Å². The molecule has 2 aromatic carbocycles. The summed E-state index contributed by atoms with van der Waals surface area (Å²) in [5.74, 6) is 0.450. The Labute approximate surface area is 169 Å². The molecule has 0 radical (unpaired) electrons. The average Bonchev–Trinajstić information content (AvgIpc) is 3.21. The molecule has 2 atom stereocenters. The lowest BCUT2D eigenvalue weighted by atomic mass is 9.81. The molecule has 0 amide bonds. The zero-order chi connectivity index (χ0) is 19.4. The Morgan fingerprint density at radius 1 is 1.04 bits per heavy atom. The molecule has 0 heterocycles. The number of unbranched alkanes of at least 4 members (excludes halogenated alkanes) is 3. The van der Waals surface area contributed by atoms with Crippen molar-refractivity contribution < 1.29 is 4.39 Å². The van der Waals surface area contributed by atoms with Crippen molar-refractivity contribution in [1.29, 1.82) is 0 Å². The second-order valence-corrected chi connectivity index (χ2v) is 8.56. The predicted octanol–water partition coefficient (Wildman–Crippen LogP) is 7.60. The maximum absolute atomic E-state index is 13.9. The molecule has 2 aliphatic carbocycles. The van der Waals surface area contributed by atoms with Crippen LogP contribution in [-0.2, 0) is 0 Å². The van der Waals surface area contributed by atoms with Gasteiger partial charge >= 0.3 is 0 Å². The third-order valence-corrected chi connectivity index (χ3v) is 6.70. The van der Waals surface area contributed by atoms with E-state index < -0.39 is 0 Å². The third kappa shape index (κ3) is 3.74. The van der Waals surface area contributed by atoms with Crippen LogP contribution in [-0.4, -0.2) is 5.54 Å². The highest BCUT2D eigenvalue weighted by molar-refractivity contribution is 5.82. The van der Waals surface area contributed by atoms with Gasteiger partial charge in [0.15, 0.2) is 0 Å². The Bertz CT molecular complexity index is 825. The fourth-order valence-electron chi connectivity index (χ4n) is 5.51. The molecule has 0 bridgehead atoms. The van der Waals surface area contributed by atoms with E-state index in [4.69, 9.17) is 0 Å². The van der Waals surface area contributed by atoms with Crippen LogP contribution in [0.25, 0.3) is 5.57 Å². The van der Waals surface area contributed by atoms with Crippen LogP contribution in [0.15, 0.2) is 60.2 Å². The molecule has 28 heavy (non-hydrogen) atoms. The molecule has 4 rings (SSSR count). The van der Waals surface area contributed by atoms with Crippen molar-refractivity contribution in [3.63, 3.8) is 0 Å². The van der Waals surface area contributed by atoms with Gasteiger partial charge in [-0.15, -0.1) is 0 Å². The number of hydrogen-bond acceptors (Lipinski definition) is 1. The number of rotatable bonds is 8. The van der Waals surface area contributed by atoms with E-state index >= 15 is 0 Å². The first-order valence-corrected chi connectivity index (χ1v) is 11.0. The molecule has 1 N–H and O–H groups in total. The molecule has 148 valence electrons. The molecule has 0 unspecified atom stereocenters. The van der Waals surface area contributed by atoms with Gasteiger partial charge < -0.3 is 5.32 Å². The first kappa shape index (κ1) is 19.2. The molecular weight excluding hydrogens is 345 g/mol. The minimum Gasteiger partial charge on any atom is -0.375 e. The molecule has 2 aliphatic rings. The summed E-state index contributed by atoms with van der Waals surface area (Å²) in [5, 5.41) is 3.84. The summed E-state index contributed by atoms with van der Waals surface area (Å²) >= 11 is 0. The van der Waals surface area contributed by atoms with E-state index in [0.717, 1.165) is 12.1 Å². The van der Waals surface area contributed by atoms with Crippen LogP contribution < -0.4 is 5.32 Å². The van der Waals surface area contributed by atoms with Crippen molar-refractivity contribution in [1.82, 2.24) is 0 Å². The Kier molecular flexibility index (Phi) is 5.85. The fourth-order valence-corrected chi connectivity index (χ4v) is 5.51. The van der Waals surface area contributed by atoms with Crippen molar-refractivity contribution in [3.05, 3.63) is 71.6 Å². The summed E-state index contributed by atoms with van der Waals surface area (Å²) in [6, 6.07) is 17.9. The van der Waals surface area contributed by atoms with E-state index in [1.807, 2.05) is 12.1 Å². The van der Waals surface area contributed by atoms with E-state index in [1.165, 1.54) is 68.6 Å². The van der Waals surface area contributed by atoms with Gasteiger partial charge in [0.1, 0.15) is 5.82 Å². The number of nitrogens with one attached hydrogen (secondary N) is 1. The lowest BCUT2D eigenvalue weighted by Gasteiger charge is -2.36. The number of halogens is 1. The Hall–Kier alpha value is -2.09. The number of allylic oxidation sites excluding steroid dienone is 1. The summed E-state index contributed by atoms with van der Waals surface area (Å²) in [5.41, 5.74) is 5.36. The number of fused-ring (bicyclic) bond motifs is 1. The van der Waals surface area contributed by atoms with Crippen LogP contribution in [0.5, 0.6) is 0 Å². The van der Waals surface area contributed by atoms with Crippen molar-refractivity contribution >= 4 is 11.3 Å². The van der Waals surface area contributed by atoms with Crippen molar-refractivity contribution in [2.45, 2.75) is 70.3 Å². The van der Waals surface area contributed by atoms with Crippen molar-refractivity contribution in [2.75, 3.05) is 5.32 Å². The monoisotopic (exact) mass is 377 g/mol. The summed E-state index contributed by atoms with van der Waals surface area (Å²) in [6.07, 6.45) is 11.2. The first-order valence-electron chi connectivity index (χ1n) is 11.0. The van der Waals surface area contributed by atoms with Gasteiger partial charge in [0.05, 0.1) is 5.54 Å². The van der Waals surface area contributed by atoms with Gasteiger partial charge in [0.25, 0.3) is 0 Å². The molecular formula is C26H32FN. The molecule has 2 heteroatoms. The Morgan fingerprint density at radius 3 is 2.68 bits per heavy atom. The molecule has 1 saturated carbocycles. The minimum atomic E-state index is -0.168. The average molecular weight is 378 g/mol. The Balaban J connectivity index is 1.71. The SMILES string of the molecule is CCCCCCC1=C(c2ccccc2)[C@]2(Nc3cccc(F)c3)CCC[C@@H]2C1. The molecule has 0 saturated heterocycles. The zero-order valence-electron chi connectivity index (χ0n) is 17.0. The lowest BCUT2D eigenvalue weighted by molar-refractivity contribution is 0.453. The van der Waals surface area contributed by atoms with Gasteiger partial charge in [-0.25, -0.2) is 4.39 Å². The van der Waals surface area contributed by atoms with E-state index in [-0.39, 0.29) is 11.4 Å². The molecule has 0 aromatic heterocycles. The largest absolute Gasteiger partial charge is 0.375 e. The van der Waals surface area contributed by atoms with Crippen LogP contribution in [0.3, 0.4) is 0 Å². The summed E-state index contributed by atoms with van der Waals surface area (Å²) in [6.45, 7) is 2.27.